The van der Waals surface area contributed by atoms with Crippen molar-refractivity contribution in [3.63, 3.8) is 0 Å². The summed E-state index contributed by atoms with van der Waals surface area (Å²) in [5, 5.41) is 0. The van der Waals surface area contributed by atoms with E-state index >= 15 is 0 Å². The van der Waals surface area contributed by atoms with Crippen molar-refractivity contribution in [1.82, 2.24) is 0 Å². The fraction of sp³-hybridized carbons (Fsp3) is 0.818. The zero-order valence-electron chi connectivity index (χ0n) is 9.67. The fourth-order valence-corrected chi connectivity index (χ4v) is 1.63. The maximum absolute atomic E-state index is 11.0. The summed E-state index contributed by atoms with van der Waals surface area (Å²) in [5.74, 6) is -0.142. The first kappa shape index (κ1) is 13.1. The maximum atomic E-state index is 11.0. The van der Waals surface area contributed by atoms with E-state index in [1.807, 2.05) is 6.21 Å². The minimum atomic E-state index is -0.142. The van der Waals surface area contributed by atoms with Gasteiger partial charge in [-0.05, 0) is 12.8 Å². The van der Waals surface area contributed by atoms with E-state index < -0.39 is 0 Å². The topological polar surface area (TPSA) is 38.7 Å². The molecule has 0 aromatic carbocycles. The van der Waals surface area contributed by atoms with E-state index in [0.29, 0.717) is 6.42 Å². The summed E-state index contributed by atoms with van der Waals surface area (Å²) in [7, 11) is 3.19. The third-order valence-corrected chi connectivity index (χ3v) is 2.39. The maximum Gasteiger partial charge on any atom is 0.305 e. The fourth-order valence-electron chi connectivity index (χ4n) is 1.63. The zero-order valence-corrected chi connectivity index (χ0v) is 9.67. The number of hydrogen-bond donors (Lipinski definition) is 0. The number of rotatable bonds is 6. The van der Waals surface area contributed by atoms with E-state index in [9.17, 15) is 4.79 Å². The monoisotopic (exact) mass is 199 g/mol. The molecule has 1 atom stereocenters. The first-order valence-electron chi connectivity index (χ1n) is 5.08. The zero-order chi connectivity index (χ0) is 11.0. The van der Waals surface area contributed by atoms with Crippen LogP contribution in [-0.2, 0) is 9.53 Å². The van der Waals surface area contributed by atoms with Crippen LogP contribution in [0.3, 0.4) is 0 Å². The second-order valence-electron chi connectivity index (χ2n) is 3.87. The highest BCUT2D eigenvalue weighted by molar-refractivity contribution is 5.71. The molecule has 0 amide bonds. The predicted molar refractivity (Wildman–Crippen MR) is 58.7 cm³/mol. The van der Waals surface area contributed by atoms with Gasteiger partial charge in [-0.15, -0.1) is 0 Å². The molecule has 0 bridgehead atoms. The first-order chi connectivity index (χ1) is 6.58. The number of hydrogen-bond acceptors (Lipinski definition) is 3. The normalized spacial score (nSPS) is 15.4. The molecule has 0 aromatic heterocycles. The number of carbonyl (C=O) groups is 1. The van der Waals surface area contributed by atoms with Crippen LogP contribution in [-0.4, -0.2) is 26.3 Å². The summed E-state index contributed by atoms with van der Waals surface area (Å²) in [4.78, 5) is 15.1. The highest BCUT2D eigenvalue weighted by Gasteiger charge is 2.21. The Labute approximate surface area is 86.6 Å². The van der Waals surface area contributed by atoms with Gasteiger partial charge in [0.25, 0.3) is 0 Å². The summed E-state index contributed by atoms with van der Waals surface area (Å²) in [6.07, 6.45) is 5.38. The van der Waals surface area contributed by atoms with Gasteiger partial charge in [0.05, 0.1) is 7.11 Å². The molecule has 0 N–H and O–H groups in total. The molecule has 0 saturated carbocycles. The molecular weight excluding hydrogens is 178 g/mol. The Hall–Kier alpha value is -0.860. The van der Waals surface area contributed by atoms with Crippen molar-refractivity contribution >= 4 is 12.2 Å². The van der Waals surface area contributed by atoms with E-state index in [4.69, 9.17) is 0 Å². The molecule has 3 nitrogen and oxygen atoms in total. The Morgan fingerprint density at radius 1 is 1.50 bits per heavy atom. The summed E-state index contributed by atoms with van der Waals surface area (Å²) >= 11 is 0. The van der Waals surface area contributed by atoms with Gasteiger partial charge in [-0.3, -0.25) is 4.79 Å². The standard InChI is InChI=1S/C11H21NO2/c1-5-7-11(2,9-12-3)8-6-10(13)14-4/h9H,5-8H2,1-4H3. The molecule has 0 aliphatic carbocycles. The lowest BCUT2D eigenvalue weighted by Crippen LogP contribution is -2.20. The highest BCUT2D eigenvalue weighted by Crippen LogP contribution is 2.27. The van der Waals surface area contributed by atoms with Crippen LogP contribution in [0.15, 0.2) is 4.99 Å². The molecular formula is C11H21NO2. The summed E-state index contributed by atoms with van der Waals surface area (Å²) < 4.78 is 4.62. The van der Waals surface area contributed by atoms with Crippen molar-refractivity contribution in [2.45, 2.75) is 39.5 Å². The van der Waals surface area contributed by atoms with Gasteiger partial charge in [-0.25, -0.2) is 0 Å². The molecule has 0 heterocycles. The summed E-state index contributed by atoms with van der Waals surface area (Å²) in [5.41, 5.74) is 0.0394. The minimum absolute atomic E-state index is 0.0394. The van der Waals surface area contributed by atoms with Crippen LogP contribution in [0, 0.1) is 5.41 Å². The average molecular weight is 199 g/mol. The minimum Gasteiger partial charge on any atom is -0.469 e. The molecule has 0 spiro atoms. The molecule has 0 saturated heterocycles. The molecule has 82 valence electrons. The van der Waals surface area contributed by atoms with Gasteiger partial charge < -0.3 is 9.73 Å². The predicted octanol–water partition coefficient (Wildman–Crippen LogP) is 2.45. The third kappa shape index (κ3) is 5.00. The molecule has 14 heavy (non-hydrogen) atoms. The summed E-state index contributed by atoms with van der Waals surface area (Å²) in [6, 6.07) is 0. The number of esters is 1. The Morgan fingerprint density at radius 3 is 2.57 bits per heavy atom. The average Bonchev–Trinajstić information content (AvgIpc) is 2.15. The van der Waals surface area contributed by atoms with E-state index in [1.54, 1.807) is 7.05 Å². The van der Waals surface area contributed by atoms with Crippen LogP contribution in [0.2, 0.25) is 0 Å². The van der Waals surface area contributed by atoms with E-state index in [-0.39, 0.29) is 11.4 Å². The van der Waals surface area contributed by atoms with Gasteiger partial charge in [0.15, 0.2) is 0 Å². The molecule has 3 heteroatoms. The lowest BCUT2D eigenvalue weighted by Gasteiger charge is -2.23. The molecule has 0 aliphatic rings. The van der Waals surface area contributed by atoms with Gasteiger partial charge in [0, 0.05) is 25.1 Å². The number of aliphatic imine (C=N–C) groups is 1. The van der Waals surface area contributed by atoms with Crippen molar-refractivity contribution in [3.05, 3.63) is 0 Å². The van der Waals surface area contributed by atoms with Crippen LogP contribution in [0.5, 0.6) is 0 Å². The van der Waals surface area contributed by atoms with Crippen LogP contribution in [0.1, 0.15) is 39.5 Å². The third-order valence-electron chi connectivity index (χ3n) is 2.39. The van der Waals surface area contributed by atoms with Crippen LogP contribution >= 0.6 is 0 Å². The molecule has 0 fully saturated rings. The number of carbonyl (C=O) groups excluding carboxylic acids is 1. The Balaban J connectivity index is 4.15. The first-order valence-corrected chi connectivity index (χ1v) is 5.08. The molecule has 0 rings (SSSR count). The van der Waals surface area contributed by atoms with Crippen LogP contribution in [0.4, 0.5) is 0 Å². The second-order valence-corrected chi connectivity index (χ2v) is 3.87. The smallest absolute Gasteiger partial charge is 0.305 e. The second kappa shape index (κ2) is 6.57. The Morgan fingerprint density at radius 2 is 2.14 bits per heavy atom. The van der Waals surface area contributed by atoms with Crippen molar-refractivity contribution < 1.29 is 9.53 Å². The number of nitrogens with zero attached hydrogens (tertiary/aromatic N) is 1. The van der Waals surface area contributed by atoms with Crippen molar-refractivity contribution in [2.75, 3.05) is 14.2 Å². The largest absolute Gasteiger partial charge is 0.469 e. The van der Waals surface area contributed by atoms with Crippen LogP contribution in [0.25, 0.3) is 0 Å². The molecule has 0 aromatic rings. The van der Waals surface area contributed by atoms with Gasteiger partial charge in [-0.1, -0.05) is 20.3 Å². The molecule has 0 aliphatic heterocycles. The van der Waals surface area contributed by atoms with Crippen molar-refractivity contribution in [1.29, 1.82) is 0 Å². The quantitative estimate of drug-likeness (QED) is 0.487. The van der Waals surface area contributed by atoms with E-state index in [0.717, 1.165) is 19.3 Å². The van der Waals surface area contributed by atoms with Crippen LogP contribution < -0.4 is 0 Å². The molecule has 1 unspecified atom stereocenters. The van der Waals surface area contributed by atoms with Gasteiger partial charge in [-0.2, -0.15) is 0 Å². The van der Waals surface area contributed by atoms with Crippen molar-refractivity contribution in [2.24, 2.45) is 10.4 Å². The molecule has 0 radical (unpaired) electrons. The summed E-state index contributed by atoms with van der Waals surface area (Å²) in [6.45, 7) is 4.27. The number of methoxy groups -OCH3 is 1. The highest BCUT2D eigenvalue weighted by atomic mass is 16.5. The Bertz CT molecular complexity index is 201. The van der Waals surface area contributed by atoms with Gasteiger partial charge >= 0.3 is 5.97 Å². The lowest BCUT2D eigenvalue weighted by molar-refractivity contribution is -0.141. The van der Waals surface area contributed by atoms with Crippen molar-refractivity contribution in [3.8, 4) is 0 Å². The SMILES string of the molecule is CCCC(C)(C=NC)CCC(=O)OC. The van der Waals surface area contributed by atoms with Gasteiger partial charge in [0.2, 0.25) is 0 Å². The van der Waals surface area contributed by atoms with E-state index in [2.05, 4.69) is 23.6 Å². The number of ether oxygens (including phenoxy) is 1. The lowest BCUT2D eigenvalue weighted by atomic mass is 9.82. The van der Waals surface area contributed by atoms with Gasteiger partial charge in [0.1, 0.15) is 0 Å². The Kier molecular flexibility index (Phi) is 6.17. The van der Waals surface area contributed by atoms with E-state index in [1.165, 1.54) is 7.11 Å².